The fourth-order valence-electron chi connectivity index (χ4n) is 3.31. The van der Waals surface area contributed by atoms with Gasteiger partial charge in [0.05, 0.1) is 17.8 Å². The molecule has 1 aromatic heterocycles. The summed E-state index contributed by atoms with van der Waals surface area (Å²) in [7, 11) is 0. The Balaban J connectivity index is 1.62. The van der Waals surface area contributed by atoms with Gasteiger partial charge in [-0.05, 0) is 49.4 Å². The predicted octanol–water partition coefficient (Wildman–Crippen LogP) is 5.63. The topological polar surface area (TPSA) is 89.6 Å². The lowest BCUT2D eigenvalue weighted by atomic mass is 10.1. The molecule has 1 heterocycles. The number of hydrogen-bond donors (Lipinski definition) is 2. The molecule has 172 valence electrons. The third-order valence-electron chi connectivity index (χ3n) is 4.85. The number of esters is 1. The molecule has 0 saturated heterocycles. The lowest BCUT2D eigenvalue weighted by molar-refractivity contribution is -0.145. The molecule has 0 aliphatic carbocycles. The summed E-state index contributed by atoms with van der Waals surface area (Å²) in [5.74, 6) is -0.445. The van der Waals surface area contributed by atoms with Crippen molar-refractivity contribution < 1.29 is 23.5 Å². The van der Waals surface area contributed by atoms with Crippen LogP contribution < -0.4 is 15.4 Å². The van der Waals surface area contributed by atoms with Crippen molar-refractivity contribution in [3.63, 3.8) is 0 Å². The number of benzene rings is 3. The number of nitrogens with zero attached hydrogens (tertiary/aromatic N) is 1. The molecule has 0 bridgehead atoms. The van der Waals surface area contributed by atoms with Gasteiger partial charge in [0.15, 0.2) is 6.61 Å². The van der Waals surface area contributed by atoms with Crippen LogP contribution in [-0.4, -0.2) is 30.2 Å². The van der Waals surface area contributed by atoms with E-state index in [-0.39, 0.29) is 13.2 Å². The number of carbonyl (C=O) groups excluding carboxylic acids is 2. The number of anilines is 2. The van der Waals surface area contributed by atoms with E-state index in [0.29, 0.717) is 33.7 Å². The summed E-state index contributed by atoms with van der Waals surface area (Å²) in [4.78, 5) is 29.0. The maximum atomic E-state index is 13.1. The van der Waals surface area contributed by atoms with E-state index in [1.807, 2.05) is 30.3 Å². The molecule has 3 aromatic carbocycles. The van der Waals surface area contributed by atoms with Crippen LogP contribution in [0.1, 0.15) is 6.92 Å². The minimum atomic E-state index is -0.492. The number of pyridine rings is 1. The number of ether oxygens (including phenoxy) is 2. The zero-order valence-electron chi connectivity index (χ0n) is 18.4. The highest BCUT2D eigenvalue weighted by molar-refractivity contribution is 6.01. The van der Waals surface area contributed by atoms with Gasteiger partial charge in [-0.25, -0.2) is 19.0 Å². The van der Waals surface area contributed by atoms with Gasteiger partial charge in [0.2, 0.25) is 0 Å². The molecule has 34 heavy (non-hydrogen) atoms. The van der Waals surface area contributed by atoms with Crippen LogP contribution >= 0.6 is 0 Å². The molecule has 4 rings (SSSR count). The van der Waals surface area contributed by atoms with Crippen molar-refractivity contribution >= 4 is 34.3 Å². The Morgan fingerprint density at radius 2 is 1.62 bits per heavy atom. The van der Waals surface area contributed by atoms with E-state index >= 15 is 0 Å². The SMILES string of the molecule is CCOC(=O)COc1cc(-c2ccccc2)nc2ccc(NC(=O)Nc3ccc(F)cc3)cc12. The first-order valence-electron chi connectivity index (χ1n) is 10.6. The molecule has 2 N–H and O–H groups in total. The fourth-order valence-corrected chi connectivity index (χ4v) is 3.31. The Morgan fingerprint density at radius 3 is 2.35 bits per heavy atom. The molecule has 2 amide bonds. The van der Waals surface area contributed by atoms with E-state index in [1.54, 1.807) is 31.2 Å². The van der Waals surface area contributed by atoms with Gasteiger partial charge in [-0.1, -0.05) is 30.3 Å². The maximum Gasteiger partial charge on any atom is 0.344 e. The van der Waals surface area contributed by atoms with Crippen LogP contribution in [0.4, 0.5) is 20.6 Å². The Labute approximate surface area is 195 Å². The van der Waals surface area contributed by atoms with Crippen molar-refractivity contribution in [3.8, 4) is 17.0 Å². The van der Waals surface area contributed by atoms with Crippen LogP contribution in [0.25, 0.3) is 22.2 Å². The summed E-state index contributed by atoms with van der Waals surface area (Å²) >= 11 is 0. The molecular weight excluding hydrogens is 437 g/mol. The smallest absolute Gasteiger partial charge is 0.344 e. The van der Waals surface area contributed by atoms with Crippen LogP contribution in [0, 0.1) is 5.82 Å². The summed E-state index contributed by atoms with van der Waals surface area (Å²) in [6.45, 7) is 1.72. The van der Waals surface area contributed by atoms with Crippen LogP contribution in [0.15, 0.2) is 78.9 Å². The molecular formula is C26H22FN3O4. The summed E-state index contributed by atoms with van der Waals surface area (Å²) < 4.78 is 23.8. The monoisotopic (exact) mass is 459 g/mol. The van der Waals surface area contributed by atoms with Gasteiger partial charge in [-0.15, -0.1) is 0 Å². The molecule has 0 aliphatic heterocycles. The molecule has 8 heteroatoms. The van der Waals surface area contributed by atoms with E-state index in [2.05, 4.69) is 10.6 Å². The van der Waals surface area contributed by atoms with Crippen molar-refractivity contribution in [1.29, 1.82) is 0 Å². The van der Waals surface area contributed by atoms with Crippen molar-refractivity contribution in [3.05, 3.63) is 84.7 Å². The number of carbonyl (C=O) groups is 2. The van der Waals surface area contributed by atoms with Crippen molar-refractivity contribution in [2.24, 2.45) is 0 Å². The molecule has 0 fully saturated rings. The third kappa shape index (κ3) is 5.66. The Hall–Kier alpha value is -4.46. The van der Waals surface area contributed by atoms with Crippen molar-refractivity contribution in [1.82, 2.24) is 4.98 Å². The first-order valence-corrected chi connectivity index (χ1v) is 10.6. The van der Waals surface area contributed by atoms with Gasteiger partial charge in [0.1, 0.15) is 11.6 Å². The van der Waals surface area contributed by atoms with Crippen LogP contribution in [0.3, 0.4) is 0 Å². The van der Waals surface area contributed by atoms with Gasteiger partial charge < -0.3 is 20.1 Å². The molecule has 0 unspecified atom stereocenters. The second-order valence-electron chi connectivity index (χ2n) is 7.28. The zero-order valence-corrected chi connectivity index (χ0v) is 18.4. The minimum Gasteiger partial charge on any atom is -0.481 e. The second kappa shape index (κ2) is 10.4. The number of rotatable bonds is 7. The van der Waals surface area contributed by atoms with E-state index in [0.717, 1.165) is 5.56 Å². The number of fused-ring (bicyclic) bond motifs is 1. The van der Waals surface area contributed by atoms with E-state index in [4.69, 9.17) is 14.5 Å². The quantitative estimate of drug-likeness (QED) is 0.350. The number of nitrogens with one attached hydrogen (secondary N) is 2. The molecule has 4 aromatic rings. The van der Waals surface area contributed by atoms with Crippen LogP contribution in [0.5, 0.6) is 5.75 Å². The van der Waals surface area contributed by atoms with Gasteiger partial charge >= 0.3 is 12.0 Å². The summed E-state index contributed by atoms with van der Waals surface area (Å²) in [6.07, 6.45) is 0. The number of amides is 2. The number of halogens is 1. The summed E-state index contributed by atoms with van der Waals surface area (Å²) in [6, 6.07) is 21.5. The Morgan fingerprint density at radius 1 is 0.912 bits per heavy atom. The summed E-state index contributed by atoms with van der Waals surface area (Å²) in [5.41, 5.74) is 3.15. The third-order valence-corrected chi connectivity index (χ3v) is 4.85. The highest BCUT2D eigenvalue weighted by Gasteiger charge is 2.13. The fraction of sp³-hybridized carbons (Fsp3) is 0.115. The van der Waals surface area contributed by atoms with Crippen LogP contribution in [0.2, 0.25) is 0 Å². The molecule has 0 radical (unpaired) electrons. The number of urea groups is 1. The summed E-state index contributed by atoms with van der Waals surface area (Å²) in [5, 5.41) is 5.99. The highest BCUT2D eigenvalue weighted by Crippen LogP contribution is 2.32. The van der Waals surface area contributed by atoms with E-state index < -0.39 is 17.8 Å². The van der Waals surface area contributed by atoms with Gasteiger partial charge in [0, 0.05) is 28.4 Å². The molecule has 0 saturated carbocycles. The number of hydrogen-bond acceptors (Lipinski definition) is 5. The van der Waals surface area contributed by atoms with Gasteiger partial charge in [-0.2, -0.15) is 0 Å². The lowest BCUT2D eigenvalue weighted by Gasteiger charge is -2.13. The molecule has 7 nitrogen and oxygen atoms in total. The van der Waals surface area contributed by atoms with Crippen molar-refractivity contribution in [2.75, 3.05) is 23.8 Å². The van der Waals surface area contributed by atoms with Gasteiger partial charge in [-0.3, -0.25) is 0 Å². The van der Waals surface area contributed by atoms with Gasteiger partial charge in [0.25, 0.3) is 0 Å². The predicted molar refractivity (Wildman–Crippen MR) is 128 cm³/mol. The molecule has 0 aliphatic rings. The first-order chi connectivity index (χ1) is 16.5. The Bertz CT molecular complexity index is 1310. The molecule has 0 atom stereocenters. The minimum absolute atomic E-state index is 0.256. The second-order valence-corrected chi connectivity index (χ2v) is 7.28. The largest absolute Gasteiger partial charge is 0.481 e. The first kappa shape index (κ1) is 22.7. The Kier molecular flexibility index (Phi) is 6.98. The highest BCUT2D eigenvalue weighted by atomic mass is 19.1. The lowest BCUT2D eigenvalue weighted by Crippen LogP contribution is -2.19. The van der Waals surface area contributed by atoms with Crippen molar-refractivity contribution in [2.45, 2.75) is 6.92 Å². The van der Waals surface area contributed by atoms with Crippen LogP contribution in [-0.2, 0) is 9.53 Å². The normalized spacial score (nSPS) is 10.5. The average Bonchev–Trinajstić information content (AvgIpc) is 2.84. The standard InChI is InChI=1S/C26H22FN3O4/c1-2-33-25(31)16-34-24-15-23(17-6-4-3-5-7-17)30-22-13-12-20(14-21(22)24)29-26(32)28-19-10-8-18(27)9-11-19/h3-15H,2,16H2,1H3,(H2,28,29,32). The van der Waals surface area contributed by atoms with E-state index in [9.17, 15) is 14.0 Å². The van der Waals surface area contributed by atoms with E-state index in [1.165, 1.54) is 24.3 Å². The average molecular weight is 459 g/mol. The zero-order chi connectivity index (χ0) is 23.9. The number of aromatic nitrogens is 1. The maximum absolute atomic E-state index is 13.1. The molecule has 0 spiro atoms.